The topological polar surface area (TPSA) is 75.4 Å². The minimum atomic E-state index is -0.648. The van der Waals surface area contributed by atoms with Crippen LogP contribution in [0, 0.1) is 17.0 Å². The van der Waals surface area contributed by atoms with Crippen molar-refractivity contribution in [2.75, 3.05) is 11.9 Å². The summed E-state index contributed by atoms with van der Waals surface area (Å²) in [7, 11) is 0. The second kappa shape index (κ2) is 6.22. The number of hydrogen-bond acceptors (Lipinski definition) is 4. The third-order valence-electron chi connectivity index (χ3n) is 4.06. The molecule has 0 radical (unpaired) electrons. The third-order valence-corrected chi connectivity index (χ3v) is 4.06. The van der Waals surface area contributed by atoms with Crippen LogP contribution in [-0.2, 0) is 0 Å². The summed E-state index contributed by atoms with van der Waals surface area (Å²) in [6, 6.07) is 4.76. The van der Waals surface area contributed by atoms with Crippen molar-refractivity contribution >= 4 is 11.4 Å². The summed E-state index contributed by atoms with van der Waals surface area (Å²) in [6.45, 7) is 2.35. The molecule has 0 aromatic heterocycles. The van der Waals surface area contributed by atoms with Gasteiger partial charge in [-0.15, -0.1) is 0 Å². The van der Waals surface area contributed by atoms with E-state index in [1.54, 1.807) is 12.1 Å². The molecule has 1 aliphatic carbocycles. The first-order valence-electron chi connectivity index (χ1n) is 7.21. The summed E-state index contributed by atoms with van der Waals surface area (Å²) in [6.07, 6.45) is 6.17. The number of nitrogens with zero attached hydrogens (tertiary/aromatic N) is 1. The van der Waals surface area contributed by atoms with Gasteiger partial charge in [-0.25, -0.2) is 0 Å². The minimum Gasteiger partial charge on any atom is -0.388 e. The summed E-state index contributed by atoms with van der Waals surface area (Å²) in [4.78, 5) is 10.3. The summed E-state index contributed by atoms with van der Waals surface area (Å²) >= 11 is 0. The van der Waals surface area contributed by atoms with E-state index in [9.17, 15) is 15.2 Å². The number of aryl methyl sites for hydroxylation is 1. The van der Waals surface area contributed by atoms with Crippen molar-refractivity contribution in [3.63, 3.8) is 0 Å². The van der Waals surface area contributed by atoms with Crippen LogP contribution in [0.5, 0.6) is 0 Å². The van der Waals surface area contributed by atoms with E-state index in [1.807, 2.05) is 6.92 Å². The number of aliphatic hydroxyl groups is 1. The fourth-order valence-electron chi connectivity index (χ4n) is 2.78. The maximum atomic E-state index is 10.7. The molecule has 5 heteroatoms. The standard InChI is InChI=1S/C15H22N2O3/c1-12-10-13(17(19)20)6-7-14(12)16-11-15(18)8-4-2-3-5-9-15/h6-7,10,16,18H,2-5,8-9,11H2,1H3. The van der Waals surface area contributed by atoms with Crippen LogP contribution in [0.3, 0.4) is 0 Å². The third kappa shape index (κ3) is 3.70. The van der Waals surface area contributed by atoms with E-state index in [2.05, 4.69) is 5.32 Å². The molecule has 0 spiro atoms. The first-order chi connectivity index (χ1) is 9.50. The number of benzene rings is 1. The quantitative estimate of drug-likeness (QED) is 0.503. The van der Waals surface area contributed by atoms with Crippen molar-refractivity contribution in [3.05, 3.63) is 33.9 Å². The lowest BCUT2D eigenvalue weighted by Gasteiger charge is -2.27. The van der Waals surface area contributed by atoms with E-state index in [4.69, 9.17) is 0 Å². The van der Waals surface area contributed by atoms with Crippen molar-refractivity contribution in [2.24, 2.45) is 0 Å². The predicted molar refractivity (Wildman–Crippen MR) is 79.0 cm³/mol. The number of nitrogens with one attached hydrogen (secondary N) is 1. The molecule has 0 aliphatic heterocycles. The Balaban J connectivity index is 2.01. The van der Waals surface area contributed by atoms with Gasteiger partial charge in [0.15, 0.2) is 0 Å². The molecule has 1 aromatic rings. The van der Waals surface area contributed by atoms with Gasteiger partial charge in [-0.2, -0.15) is 0 Å². The van der Waals surface area contributed by atoms with Crippen LogP contribution in [0.2, 0.25) is 0 Å². The Labute approximate surface area is 119 Å². The molecule has 1 aliphatic rings. The van der Waals surface area contributed by atoms with E-state index in [-0.39, 0.29) is 5.69 Å². The number of hydrogen-bond donors (Lipinski definition) is 2. The van der Waals surface area contributed by atoms with Crippen LogP contribution in [-0.4, -0.2) is 22.2 Å². The monoisotopic (exact) mass is 278 g/mol. The molecule has 1 fully saturated rings. The summed E-state index contributed by atoms with van der Waals surface area (Å²) in [5, 5.41) is 24.5. The van der Waals surface area contributed by atoms with Crippen LogP contribution in [0.15, 0.2) is 18.2 Å². The minimum absolute atomic E-state index is 0.0984. The normalized spacial score (nSPS) is 18.3. The number of nitro groups is 1. The molecule has 2 rings (SSSR count). The Bertz CT molecular complexity index is 480. The Hall–Kier alpha value is -1.62. The van der Waals surface area contributed by atoms with E-state index in [0.717, 1.165) is 36.9 Å². The van der Waals surface area contributed by atoms with Gasteiger partial charge in [-0.1, -0.05) is 25.7 Å². The lowest BCUT2D eigenvalue weighted by atomic mass is 9.94. The molecule has 0 bridgehead atoms. The van der Waals surface area contributed by atoms with Crippen LogP contribution < -0.4 is 5.32 Å². The van der Waals surface area contributed by atoms with Crippen LogP contribution in [0.4, 0.5) is 11.4 Å². The first-order valence-corrected chi connectivity index (χ1v) is 7.21. The molecule has 1 saturated carbocycles. The van der Waals surface area contributed by atoms with E-state index in [1.165, 1.54) is 18.9 Å². The van der Waals surface area contributed by atoms with Crippen molar-refractivity contribution in [1.29, 1.82) is 0 Å². The van der Waals surface area contributed by atoms with Gasteiger partial charge in [0.1, 0.15) is 0 Å². The van der Waals surface area contributed by atoms with Gasteiger partial charge in [0.2, 0.25) is 0 Å². The van der Waals surface area contributed by atoms with Gasteiger partial charge < -0.3 is 10.4 Å². The number of rotatable bonds is 4. The van der Waals surface area contributed by atoms with Gasteiger partial charge in [0, 0.05) is 24.4 Å². The molecule has 0 amide bonds. The Morgan fingerprint density at radius 3 is 2.50 bits per heavy atom. The second-order valence-corrected chi connectivity index (χ2v) is 5.75. The second-order valence-electron chi connectivity index (χ2n) is 5.75. The molecule has 0 atom stereocenters. The zero-order valence-electron chi connectivity index (χ0n) is 11.9. The molecular weight excluding hydrogens is 256 g/mol. The maximum absolute atomic E-state index is 10.7. The highest BCUT2D eigenvalue weighted by Gasteiger charge is 2.27. The van der Waals surface area contributed by atoms with E-state index < -0.39 is 10.5 Å². The zero-order valence-corrected chi connectivity index (χ0v) is 11.9. The highest BCUT2D eigenvalue weighted by Crippen LogP contribution is 2.28. The SMILES string of the molecule is Cc1cc([N+](=O)[O-])ccc1NCC1(O)CCCCCC1. The molecular formula is C15H22N2O3. The average molecular weight is 278 g/mol. The smallest absolute Gasteiger partial charge is 0.269 e. The molecule has 20 heavy (non-hydrogen) atoms. The fourth-order valence-corrected chi connectivity index (χ4v) is 2.78. The van der Waals surface area contributed by atoms with Crippen molar-refractivity contribution in [3.8, 4) is 0 Å². The van der Waals surface area contributed by atoms with E-state index >= 15 is 0 Å². The number of anilines is 1. The molecule has 2 N–H and O–H groups in total. The Morgan fingerprint density at radius 1 is 1.30 bits per heavy atom. The van der Waals surface area contributed by atoms with Gasteiger partial charge in [0.25, 0.3) is 5.69 Å². The predicted octanol–water partition coefficient (Wildman–Crippen LogP) is 3.40. The van der Waals surface area contributed by atoms with Gasteiger partial charge >= 0.3 is 0 Å². The average Bonchev–Trinajstić information content (AvgIpc) is 2.62. The lowest BCUT2D eigenvalue weighted by Crippen LogP contribution is -2.36. The Morgan fingerprint density at radius 2 is 1.95 bits per heavy atom. The van der Waals surface area contributed by atoms with Gasteiger partial charge in [0.05, 0.1) is 10.5 Å². The molecule has 5 nitrogen and oxygen atoms in total. The highest BCUT2D eigenvalue weighted by atomic mass is 16.6. The van der Waals surface area contributed by atoms with Crippen molar-refractivity contribution in [1.82, 2.24) is 0 Å². The summed E-state index contributed by atoms with van der Waals surface area (Å²) in [5.41, 5.74) is 1.14. The molecule has 0 unspecified atom stereocenters. The largest absolute Gasteiger partial charge is 0.388 e. The summed E-state index contributed by atoms with van der Waals surface area (Å²) < 4.78 is 0. The molecule has 1 aromatic carbocycles. The molecule has 0 heterocycles. The van der Waals surface area contributed by atoms with E-state index in [0.29, 0.717) is 6.54 Å². The zero-order chi connectivity index (χ0) is 14.6. The molecule has 110 valence electrons. The molecule has 0 saturated heterocycles. The van der Waals surface area contributed by atoms with Crippen LogP contribution in [0.1, 0.15) is 44.1 Å². The van der Waals surface area contributed by atoms with Crippen LogP contribution >= 0.6 is 0 Å². The Kier molecular flexibility index (Phi) is 4.60. The van der Waals surface area contributed by atoms with Gasteiger partial charge in [-0.05, 0) is 31.4 Å². The summed E-state index contributed by atoms with van der Waals surface area (Å²) in [5.74, 6) is 0. The van der Waals surface area contributed by atoms with Crippen molar-refractivity contribution < 1.29 is 10.0 Å². The first kappa shape index (κ1) is 14.8. The number of nitro benzene ring substituents is 1. The number of non-ortho nitro benzene ring substituents is 1. The van der Waals surface area contributed by atoms with Crippen LogP contribution in [0.25, 0.3) is 0 Å². The highest BCUT2D eigenvalue weighted by molar-refractivity contribution is 5.55. The fraction of sp³-hybridized carbons (Fsp3) is 0.600. The van der Waals surface area contributed by atoms with Crippen molar-refractivity contribution in [2.45, 2.75) is 51.0 Å². The lowest BCUT2D eigenvalue weighted by molar-refractivity contribution is -0.384. The van der Waals surface area contributed by atoms with Gasteiger partial charge in [-0.3, -0.25) is 10.1 Å². The maximum Gasteiger partial charge on any atom is 0.269 e.